The van der Waals surface area contributed by atoms with Crippen molar-refractivity contribution < 1.29 is 44.8 Å². The Morgan fingerprint density at radius 2 is 1.50 bits per heavy atom. The highest BCUT2D eigenvalue weighted by atomic mass is 16.7. The number of benzene rings is 1. The predicted molar refractivity (Wildman–Crippen MR) is 120 cm³/mol. The van der Waals surface area contributed by atoms with Crippen LogP contribution in [0.15, 0.2) is 24.3 Å². The molecule has 8 N–H and O–H groups in total. The molecule has 0 bridgehead atoms. The number of rotatable bonds is 6. The Bertz CT molecular complexity index is 789. The maximum Gasteiger partial charge on any atom is 0.187 e. The minimum absolute atomic E-state index is 0.438. The van der Waals surface area contributed by atoms with Gasteiger partial charge in [-0.05, 0) is 29.9 Å². The molecular weight excluding hydrogens is 446 g/mol. The van der Waals surface area contributed by atoms with Crippen LogP contribution in [-0.2, 0) is 14.2 Å². The van der Waals surface area contributed by atoms with Gasteiger partial charge in [0.1, 0.15) is 48.8 Å². The Morgan fingerprint density at radius 1 is 0.824 bits per heavy atom. The van der Waals surface area contributed by atoms with Gasteiger partial charge in [-0.2, -0.15) is 0 Å². The van der Waals surface area contributed by atoms with Crippen LogP contribution in [0.5, 0.6) is 0 Å². The number of hydrogen-bond acceptors (Lipinski definition) is 10. The molecule has 10 heteroatoms. The van der Waals surface area contributed by atoms with Crippen LogP contribution in [0.4, 0.5) is 0 Å². The molecule has 3 aliphatic rings. The molecule has 4 rings (SSSR count). The van der Waals surface area contributed by atoms with E-state index in [-0.39, 0.29) is 0 Å². The second kappa shape index (κ2) is 11.3. The van der Waals surface area contributed by atoms with Gasteiger partial charge in [-0.3, -0.25) is 0 Å². The first-order valence-corrected chi connectivity index (χ1v) is 12.1. The minimum Gasteiger partial charge on any atom is -0.394 e. The summed E-state index contributed by atoms with van der Waals surface area (Å²) in [6.45, 7) is -1.03. The Kier molecular flexibility index (Phi) is 8.57. The fraction of sp³-hybridized carbons (Fsp3) is 0.750. The van der Waals surface area contributed by atoms with Gasteiger partial charge in [-0.1, -0.05) is 43.5 Å². The second-order valence-electron chi connectivity index (χ2n) is 9.65. The summed E-state index contributed by atoms with van der Waals surface area (Å²) in [5.74, 6) is 0.438. The molecule has 0 unspecified atom stereocenters. The molecule has 1 aromatic carbocycles. The number of nitrogens with two attached hydrogens (primary N) is 1. The topological polar surface area (TPSA) is 175 Å². The number of ether oxygens (including phenoxy) is 3. The highest BCUT2D eigenvalue weighted by Gasteiger charge is 2.50. The van der Waals surface area contributed by atoms with Crippen LogP contribution in [0.2, 0.25) is 0 Å². The molecule has 10 atom stereocenters. The maximum atomic E-state index is 11.2. The van der Waals surface area contributed by atoms with Gasteiger partial charge in [-0.25, -0.2) is 0 Å². The number of aliphatic hydroxyl groups is 6. The highest BCUT2D eigenvalue weighted by molar-refractivity contribution is 5.29. The lowest BCUT2D eigenvalue weighted by Gasteiger charge is -2.46. The largest absolute Gasteiger partial charge is 0.394 e. The zero-order chi connectivity index (χ0) is 24.4. The highest BCUT2D eigenvalue weighted by Crippen LogP contribution is 2.38. The molecule has 192 valence electrons. The molecule has 3 fully saturated rings. The van der Waals surface area contributed by atoms with Crippen molar-refractivity contribution in [3.63, 3.8) is 0 Å². The Labute approximate surface area is 198 Å². The molecule has 0 aromatic heterocycles. The molecule has 0 spiro atoms. The van der Waals surface area contributed by atoms with E-state index < -0.39 is 74.4 Å². The average molecular weight is 484 g/mol. The molecule has 1 saturated carbocycles. The van der Waals surface area contributed by atoms with E-state index in [0.717, 1.165) is 18.4 Å². The molecule has 2 heterocycles. The van der Waals surface area contributed by atoms with Crippen LogP contribution in [-0.4, -0.2) is 98.9 Å². The van der Waals surface area contributed by atoms with E-state index in [4.69, 9.17) is 19.9 Å². The Balaban J connectivity index is 1.55. The monoisotopic (exact) mass is 483 g/mol. The van der Waals surface area contributed by atoms with E-state index in [2.05, 4.69) is 6.07 Å². The lowest BCUT2D eigenvalue weighted by Crippen LogP contribution is -2.65. The molecule has 0 radical (unpaired) electrons. The van der Waals surface area contributed by atoms with Gasteiger partial charge < -0.3 is 50.6 Å². The molecule has 1 aliphatic carbocycles. The van der Waals surface area contributed by atoms with Crippen LogP contribution < -0.4 is 5.73 Å². The van der Waals surface area contributed by atoms with Crippen molar-refractivity contribution in [1.29, 1.82) is 0 Å². The third kappa shape index (κ3) is 5.17. The van der Waals surface area contributed by atoms with E-state index in [9.17, 15) is 30.6 Å². The van der Waals surface area contributed by atoms with Crippen molar-refractivity contribution in [2.75, 3.05) is 13.2 Å². The molecule has 2 aliphatic heterocycles. The number of hydrogen-bond donors (Lipinski definition) is 7. The summed E-state index contributed by atoms with van der Waals surface area (Å²) in [4.78, 5) is 0. The molecule has 2 saturated heterocycles. The van der Waals surface area contributed by atoms with Gasteiger partial charge in [0.25, 0.3) is 0 Å². The Hall–Kier alpha value is -1.18. The quantitative estimate of drug-likeness (QED) is 0.267. The zero-order valence-electron chi connectivity index (χ0n) is 19.1. The standard InChI is InChI=1S/C24H37NO9/c25-17-15(10-26)33-24(20(30)19(17)29)34-23-18(28)16(11-27)32-22(21(23)31)14-8-4-7-13(9-14)12-5-2-1-3-6-12/h4,7-9,12,15-24,26-31H,1-3,5-6,10-11,25H2/t15-,16-,17-,18-,19+,20+,21-,22-,23+,24-/m1/s1. The normalized spacial score (nSPS) is 42.0. The third-order valence-corrected chi connectivity index (χ3v) is 7.41. The van der Waals surface area contributed by atoms with Crippen LogP contribution in [0.3, 0.4) is 0 Å². The van der Waals surface area contributed by atoms with Crippen molar-refractivity contribution in [1.82, 2.24) is 0 Å². The fourth-order valence-electron chi connectivity index (χ4n) is 5.33. The lowest BCUT2D eigenvalue weighted by atomic mass is 9.82. The first-order valence-electron chi connectivity index (χ1n) is 12.1. The van der Waals surface area contributed by atoms with Gasteiger partial charge in [0, 0.05) is 0 Å². The first-order chi connectivity index (χ1) is 16.3. The van der Waals surface area contributed by atoms with Crippen LogP contribution in [0, 0.1) is 0 Å². The van der Waals surface area contributed by atoms with Gasteiger partial charge >= 0.3 is 0 Å². The fourth-order valence-corrected chi connectivity index (χ4v) is 5.33. The van der Waals surface area contributed by atoms with Crippen LogP contribution in [0.25, 0.3) is 0 Å². The van der Waals surface area contributed by atoms with E-state index in [0.29, 0.717) is 11.5 Å². The summed E-state index contributed by atoms with van der Waals surface area (Å²) < 4.78 is 17.1. The first kappa shape index (κ1) is 25.9. The van der Waals surface area contributed by atoms with Gasteiger partial charge in [0.15, 0.2) is 6.29 Å². The summed E-state index contributed by atoms with van der Waals surface area (Å²) >= 11 is 0. The second-order valence-corrected chi connectivity index (χ2v) is 9.65. The molecule has 1 aromatic rings. The van der Waals surface area contributed by atoms with Crippen LogP contribution >= 0.6 is 0 Å². The summed E-state index contributed by atoms with van der Waals surface area (Å²) in [6.07, 6.45) is -5.75. The van der Waals surface area contributed by atoms with Gasteiger partial charge in [0.2, 0.25) is 0 Å². The van der Waals surface area contributed by atoms with Crippen LogP contribution in [0.1, 0.15) is 55.3 Å². The SMILES string of the molecule is N[C@H]1[C@H](O)[C@H](O)[C@@H](O[C@@H]2[C@H](O)[C@@H](c3cccc(C4CCCCC4)c3)O[C@H](CO)[C@H]2O)O[C@@H]1CO. The van der Waals surface area contributed by atoms with E-state index in [1.807, 2.05) is 18.2 Å². The lowest BCUT2D eigenvalue weighted by molar-refractivity contribution is -0.330. The molecular formula is C24H37NO9. The maximum absolute atomic E-state index is 11.2. The van der Waals surface area contributed by atoms with E-state index in [1.165, 1.54) is 19.3 Å². The van der Waals surface area contributed by atoms with E-state index in [1.54, 1.807) is 0 Å². The molecule has 10 nitrogen and oxygen atoms in total. The van der Waals surface area contributed by atoms with Gasteiger partial charge in [0.05, 0.1) is 19.3 Å². The number of aliphatic hydroxyl groups excluding tert-OH is 6. The summed E-state index contributed by atoms with van der Waals surface area (Å²) in [5.41, 5.74) is 7.64. The molecule has 34 heavy (non-hydrogen) atoms. The Morgan fingerprint density at radius 3 is 2.18 bits per heavy atom. The van der Waals surface area contributed by atoms with Crippen molar-refractivity contribution >= 4 is 0 Å². The van der Waals surface area contributed by atoms with Crippen molar-refractivity contribution in [3.8, 4) is 0 Å². The van der Waals surface area contributed by atoms with Crippen molar-refractivity contribution in [3.05, 3.63) is 35.4 Å². The third-order valence-electron chi connectivity index (χ3n) is 7.41. The minimum atomic E-state index is -1.57. The average Bonchev–Trinajstić information content (AvgIpc) is 2.87. The summed E-state index contributed by atoms with van der Waals surface area (Å²) in [6, 6.07) is 6.74. The molecule has 0 amide bonds. The van der Waals surface area contributed by atoms with Crippen molar-refractivity contribution in [2.45, 2.75) is 99.2 Å². The smallest absolute Gasteiger partial charge is 0.187 e. The predicted octanol–water partition coefficient (Wildman–Crippen LogP) is -0.960. The van der Waals surface area contributed by atoms with Gasteiger partial charge in [-0.15, -0.1) is 0 Å². The summed E-state index contributed by atoms with van der Waals surface area (Å²) in [7, 11) is 0. The zero-order valence-corrected chi connectivity index (χ0v) is 19.1. The van der Waals surface area contributed by atoms with E-state index >= 15 is 0 Å². The van der Waals surface area contributed by atoms with Crippen molar-refractivity contribution in [2.24, 2.45) is 5.73 Å². The summed E-state index contributed by atoms with van der Waals surface area (Å²) in [5, 5.41) is 61.8.